The minimum absolute atomic E-state index is 0. The molecule has 1 unspecified atom stereocenters. The predicted molar refractivity (Wildman–Crippen MR) is 58.9 cm³/mol. The zero-order valence-electron chi connectivity index (χ0n) is 8.72. The zero-order valence-corrected chi connectivity index (χ0v) is 9.54. The van der Waals surface area contributed by atoms with E-state index in [4.69, 9.17) is 0 Å². The Morgan fingerprint density at radius 3 is 2.80 bits per heavy atom. The van der Waals surface area contributed by atoms with Gasteiger partial charge in [0.15, 0.2) is 0 Å². The quantitative estimate of drug-likeness (QED) is 0.769. The molecule has 0 aromatic rings. The van der Waals surface area contributed by atoms with Gasteiger partial charge in [-0.2, -0.15) is 0 Å². The van der Waals surface area contributed by atoms with E-state index in [1.807, 2.05) is 0 Å². The number of carbonyl (C=O) groups excluding carboxylic acids is 1. The number of carbonyl (C=O) groups is 1. The Labute approximate surface area is 95.6 Å². The van der Waals surface area contributed by atoms with Crippen molar-refractivity contribution in [3.8, 4) is 0 Å². The van der Waals surface area contributed by atoms with Gasteiger partial charge in [-0.05, 0) is 38.1 Å². The van der Waals surface area contributed by atoms with E-state index in [1.54, 1.807) is 0 Å². The maximum absolute atomic E-state index is 14.0. The van der Waals surface area contributed by atoms with Crippen LogP contribution in [0.15, 0.2) is 0 Å². The molecule has 0 aromatic carbocycles. The SMILES string of the molecule is Cl.O=C(NCC1CC1)C1(F)CCCNC1. The Morgan fingerprint density at radius 1 is 1.53 bits per heavy atom. The van der Waals surface area contributed by atoms with Crippen molar-refractivity contribution >= 4 is 18.3 Å². The van der Waals surface area contributed by atoms with Crippen LogP contribution in [0.3, 0.4) is 0 Å². The summed E-state index contributed by atoms with van der Waals surface area (Å²) in [5, 5.41) is 5.62. The molecule has 0 aromatic heterocycles. The van der Waals surface area contributed by atoms with E-state index in [1.165, 1.54) is 12.8 Å². The van der Waals surface area contributed by atoms with Gasteiger partial charge >= 0.3 is 0 Å². The minimum Gasteiger partial charge on any atom is -0.353 e. The van der Waals surface area contributed by atoms with Gasteiger partial charge in [0.2, 0.25) is 5.67 Å². The third kappa shape index (κ3) is 3.31. The van der Waals surface area contributed by atoms with Crippen LogP contribution in [0.4, 0.5) is 4.39 Å². The van der Waals surface area contributed by atoms with Gasteiger partial charge in [-0.1, -0.05) is 0 Å². The van der Waals surface area contributed by atoms with Crippen molar-refractivity contribution in [2.24, 2.45) is 5.92 Å². The van der Waals surface area contributed by atoms with Crippen LogP contribution < -0.4 is 10.6 Å². The smallest absolute Gasteiger partial charge is 0.259 e. The first-order valence-corrected chi connectivity index (χ1v) is 5.39. The van der Waals surface area contributed by atoms with Crippen LogP contribution in [-0.2, 0) is 4.79 Å². The van der Waals surface area contributed by atoms with Gasteiger partial charge in [0.25, 0.3) is 5.91 Å². The molecule has 0 radical (unpaired) electrons. The number of hydrogen-bond acceptors (Lipinski definition) is 2. The standard InChI is InChI=1S/C10H17FN2O.ClH/c11-10(4-1-5-12-7-10)9(14)13-6-8-2-3-8;/h8,12H,1-7H2,(H,13,14);1H. The molecule has 1 amide bonds. The number of rotatable bonds is 3. The summed E-state index contributed by atoms with van der Waals surface area (Å²) in [7, 11) is 0. The van der Waals surface area contributed by atoms with Crippen LogP contribution >= 0.6 is 12.4 Å². The second kappa shape index (κ2) is 5.12. The predicted octanol–water partition coefficient (Wildman–Crippen LogP) is 1.03. The lowest BCUT2D eigenvalue weighted by Crippen LogP contribution is -2.53. The number of nitrogens with one attached hydrogen (secondary N) is 2. The van der Waals surface area contributed by atoms with Gasteiger partial charge < -0.3 is 10.6 Å². The Balaban J connectivity index is 0.00000112. The van der Waals surface area contributed by atoms with Crippen LogP contribution in [0, 0.1) is 5.92 Å². The topological polar surface area (TPSA) is 41.1 Å². The average Bonchev–Trinajstić information content (AvgIpc) is 2.99. The van der Waals surface area contributed by atoms with Gasteiger partial charge in [0, 0.05) is 13.1 Å². The van der Waals surface area contributed by atoms with Gasteiger partial charge in [-0.15, -0.1) is 12.4 Å². The Hall–Kier alpha value is -0.350. The van der Waals surface area contributed by atoms with E-state index >= 15 is 0 Å². The van der Waals surface area contributed by atoms with Crippen LogP contribution in [0.1, 0.15) is 25.7 Å². The fourth-order valence-electron chi connectivity index (χ4n) is 1.78. The molecule has 1 saturated carbocycles. The second-order valence-corrected chi connectivity index (χ2v) is 4.40. The number of alkyl halides is 1. The lowest BCUT2D eigenvalue weighted by atomic mass is 9.95. The molecule has 1 heterocycles. The minimum atomic E-state index is -1.66. The summed E-state index contributed by atoms with van der Waals surface area (Å²) in [6.45, 7) is 1.65. The lowest BCUT2D eigenvalue weighted by molar-refractivity contribution is -0.134. The molecular weight excluding hydrogens is 219 g/mol. The lowest BCUT2D eigenvalue weighted by Gasteiger charge is -2.28. The average molecular weight is 237 g/mol. The summed E-state index contributed by atoms with van der Waals surface area (Å²) in [6, 6.07) is 0. The molecule has 3 nitrogen and oxygen atoms in total. The van der Waals surface area contributed by atoms with E-state index < -0.39 is 11.6 Å². The molecule has 0 bridgehead atoms. The van der Waals surface area contributed by atoms with Crippen LogP contribution in [0.5, 0.6) is 0 Å². The molecule has 2 N–H and O–H groups in total. The largest absolute Gasteiger partial charge is 0.353 e. The molecule has 1 aliphatic heterocycles. The van der Waals surface area contributed by atoms with Crippen molar-refractivity contribution in [2.75, 3.05) is 19.6 Å². The zero-order chi connectivity index (χ0) is 10.0. The van der Waals surface area contributed by atoms with Crippen molar-refractivity contribution in [3.63, 3.8) is 0 Å². The monoisotopic (exact) mass is 236 g/mol. The number of halogens is 2. The molecule has 5 heteroatoms. The first kappa shape index (κ1) is 12.7. The summed E-state index contributed by atoms with van der Waals surface area (Å²) in [5.74, 6) is 0.190. The molecule has 1 saturated heterocycles. The van der Waals surface area contributed by atoms with Gasteiger partial charge in [0.05, 0.1) is 0 Å². The highest BCUT2D eigenvalue weighted by Crippen LogP contribution is 2.28. The molecule has 2 aliphatic rings. The van der Waals surface area contributed by atoms with Crippen LogP contribution in [0.25, 0.3) is 0 Å². The van der Waals surface area contributed by atoms with Crippen molar-refractivity contribution in [1.82, 2.24) is 10.6 Å². The van der Waals surface area contributed by atoms with Crippen molar-refractivity contribution in [3.05, 3.63) is 0 Å². The molecule has 15 heavy (non-hydrogen) atoms. The summed E-state index contributed by atoms with van der Waals surface area (Å²) < 4.78 is 14.0. The van der Waals surface area contributed by atoms with Crippen molar-refractivity contribution in [1.29, 1.82) is 0 Å². The van der Waals surface area contributed by atoms with E-state index in [-0.39, 0.29) is 19.0 Å². The first-order valence-electron chi connectivity index (χ1n) is 5.39. The Kier molecular flexibility index (Phi) is 4.34. The fourth-order valence-corrected chi connectivity index (χ4v) is 1.78. The first-order chi connectivity index (χ1) is 6.71. The Bertz CT molecular complexity index is 227. The molecule has 0 spiro atoms. The molecule has 2 fully saturated rings. The summed E-state index contributed by atoms with van der Waals surface area (Å²) in [4.78, 5) is 11.5. The summed E-state index contributed by atoms with van der Waals surface area (Å²) in [5.41, 5.74) is -1.66. The number of amides is 1. The number of piperidine rings is 1. The van der Waals surface area contributed by atoms with Gasteiger partial charge in [0.1, 0.15) is 0 Å². The molecule has 88 valence electrons. The maximum atomic E-state index is 14.0. The Morgan fingerprint density at radius 2 is 2.27 bits per heavy atom. The molecular formula is C10H18ClFN2O. The van der Waals surface area contributed by atoms with Crippen molar-refractivity contribution in [2.45, 2.75) is 31.4 Å². The third-order valence-electron chi connectivity index (χ3n) is 2.99. The van der Waals surface area contributed by atoms with Gasteiger partial charge in [-0.25, -0.2) is 4.39 Å². The summed E-state index contributed by atoms with van der Waals surface area (Å²) in [6.07, 6.45) is 3.46. The molecule has 1 aliphatic carbocycles. The normalized spacial score (nSPS) is 30.5. The molecule has 2 rings (SSSR count). The highest BCUT2D eigenvalue weighted by atomic mass is 35.5. The van der Waals surface area contributed by atoms with E-state index in [0.29, 0.717) is 18.9 Å². The van der Waals surface area contributed by atoms with E-state index in [2.05, 4.69) is 10.6 Å². The van der Waals surface area contributed by atoms with Crippen LogP contribution in [-0.4, -0.2) is 31.2 Å². The fraction of sp³-hybridized carbons (Fsp3) is 0.900. The maximum Gasteiger partial charge on any atom is 0.259 e. The third-order valence-corrected chi connectivity index (χ3v) is 2.99. The van der Waals surface area contributed by atoms with Crippen LogP contribution in [0.2, 0.25) is 0 Å². The van der Waals surface area contributed by atoms with E-state index in [0.717, 1.165) is 13.0 Å². The molecule has 1 atom stereocenters. The van der Waals surface area contributed by atoms with Gasteiger partial charge in [-0.3, -0.25) is 4.79 Å². The highest BCUT2D eigenvalue weighted by molar-refractivity contribution is 5.85. The number of hydrogen-bond donors (Lipinski definition) is 2. The van der Waals surface area contributed by atoms with Crippen molar-refractivity contribution < 1.29 is 9.18 Å². The van der Waals surface area contributed by atoms with E-state index in [9.17, 15) is 9.18 Å². The second-order valence-electron chi connectivity index (χ2n) is 4.40. The highest BCUT2D eigenvalue weighted by Gasteiger charge is 2.40. The summed E-state index contributed by atoms with van der Waals surface area (Å²) >= 11 is 0.